The molecule has 0 bridgehead atoms. The van der Waals surface area contributed by atoms with E-state index < -0.39 is 6.29 Å². The van der Waals surface area contributed by atoms with E-state index in [1.54, 1.807) is 0 Å². The van der Waals surface area contributed by atoms with Gasteiger partial charge >= 0.3 is 0 Å². The molecule has 1 N–H and O–H groups in total. The largest absolute Gasteiger partial charge is 0.379 e. The van der Waals surface area contributed by atoms with Crippen molar-refractivity contribution in [1.29, 1.82) is 0 Å². The number of aliphatic hydroxyl groups is 1. The smallest absolute Gasteiger partial charge is 0.178 e. The van der Waals surface area contributed by atoms with Gasteiger partial charge in [0.15, 0.2) is 6.29 Å². The summed E-state index contributed by atoms with van der Waals surface area (Å²) < 4.78 is 26.2. The van der Waals surface area contributed by atoms with E-state index in [0.717, 1.165) is 6.42 Å². The molecule has 0 aromatic heterocycles. The average molecular weight is 250 g/mol. The van der Waals surface area contributed by atoms with Gasteiger partial charge in [0.2, 0.25) is 0 Å². The highest BCUT2D eigenvalue weighted by molar-refractivity contribution is 4.42. The molecule has 1 unspecified atom stereocenters. The summed E-state index contributed by atoms with van der Waals surface area (Å²) in [5.41, 5.74) is 0. The molecular formula is C11H22O6. The SMILES string of the molecule is OC1COCCOCCOCCOCCCO1. The summed E-state index contributed by atoms with van der Waals surface area (Å²) in [6, 6.07) is 0. The van der Waals surface area contributed by atoms with Gasteiger partial charge in [-0.3, -0.25) is 0 Å². The van der Waals surface area contributed by atoms with E-state index in [1.165, 1.54) is 0 Å². The summed E-state index contributed by atoms with van der Waals surface area (Å²) in [5, 5.41) is 9.37. The number of hydrogen-bond donors (Lipinski definition) is 1. The minimum atomic E-state index is -0.869. The minimum Gasteiger partial charge on any atom is -0.379 e. The predicted molar refractivity (Wildman–Crippen MR) is 59.9 cm³/mol. The molecule has 0 saturated carbocycles. The molecule has 0 amide bonds. The summed E-state index contributed by atoms with van der Waals surface area (Å²) in [4.78, 5) is 0. The summed E-state index contributed by atoms with van der Waals surface area (Å²) in [7, 11) is 0. The molecule has 6 heteroatoms. The fraction of sp³-hybridized carbons (Fsp3) is 1.00. The Morgan fingerprint density at radius 3 is 1.82 bits per heavy atom. The number of hydrogen-bond acceptors (Lipinski definition) is 6. The minimum absolute atomic E-state index is 0.167. The Kier molecular flexibility index (Phi) is 9.49. The Bertz CT molecular complexity index is 150. The first kappa shape index (κ1) is 14.8. The van der Waals surface area contributed by atoms with Gasteiger partial charge in [-0.25, -0.2) is 0 Å². The van der Waals surface area contributed by atoms with Gasteiger partial charge in [-0.15, -0.1) is 0 Å². The molecule has 1 rings (SSSR count). The molecular weight excluding hydrogens is 228 g/mol. The molecule has 6 nitrogen and oxygen atoms in total. The highest BCUT2D eigenvalue weighted by atomic mass is 16.6. The Labute approximate surface area is 102 Å². The molecule has 0 aliphatic carbocycles. The lowest BCUT2D eigenvalue weighted by Gasteiger charge is -2.13. The van der Waals surface area contributed by atoms with Crippen LogP contribution >= 0.6 is 0 Å². The quantitative estimate of drug-likeness (QED) is 0.642. The molecule has 0 aromatic carbocycles. The Morgan fingerprint density at radius 1 is 0.647 bits per heavy atom. The van der Waals surface area contributed by atoms with Gasteiger partial charge in [-0.2, -0.15) is 0 Å². The van der Waals surface area contributed by atoms with Crippen molar-refractivity contribution in [2.24, 2.45) is 0 Å². The lowest BCUT2D eigenvalue weighted by molar-refractivity contribution is -0.144. The molecule has 17 heavy (non-hydrogen) atoms. The maximum Gasteiger partial charge on any atom is 0.178 e. The molecule has 1 atom stereocenters. The van der Waals surface area contributed by atoms with Crippen LogP contribution in [0.5, 0.6) is 0 Å². The lowest BCUT2D eigenvalue weighted by atomic mass is 10.5. The van der Waals surface area contributed by atoms with Crippen LogP contribution in [0.4, 0.5) is 0 Å². The van der Waals surface area contributed by atoms with Gasteiger partial charge in [0.05, 0.1) is 52.9 Å². The Balaban J connectivity index is 2.09. The topological polar surface area (TPSA) is 66.4 Å². The number of rotatable bonds is 0. The molecule has 1 aliphatic heterocycles. The van der Waals surface area contributed by atoms with Gasteiger partial charge in [-0.05, 0) is 6.42 Å². The normalized spacial score (nSPS) is 27.7. The highest BCUT2D eigenvalue weighted by Gasteiger charge is 2.04. The van der Waals surface area contributed by atoms with Crippen LogP contribution in [0.2, 0.25) is 0 Å². The lowest BCUT2D eigenvalue weighted by Crippen LogP contribution is -2.22. The summed E-state index contributed by atoms with van der Waals surface area (Å²) >= 11 is 0. The van der Waals surface area contributed by atoms with Gasteiger partial charge in [0.25, 0.3) is 0 Å². The molecule has 102 valence electrons. The maximum atomic E-state index is 9.37. The molecule has 0 radical (unpaired) electrons. The zero-order valence-corrected chi connectivity index (χ0v) is 10.1. The van der Waals surface area contributed by atoms with Crippen LogP contribution in [0.3, 0.4) is 0 Å². The highest BCUT2D eigenvalue weighted by Crippen LogP contribution is 1.93. The van der Waals surface area contributed by atoms with Crippen LogP contribution in [0.15, 0.2) is 0 Å². The average Bonchev–Trinajstić information content (AvgIpc) is 2.32. The predicted octanol–water partition coefficient (Wildman–Crippen LogP) is -0.208. The fourth-order valence-corrected chi connectivity index (χ4v) is 1.27. The standard InChI is InChI=1S/C11H22O6/c12-11-10-16-9-8-15-7-6-14-5-4-13-2-1-3-17-11/h11-12H,1-10H2. The van der Waals surface area contributed by atoms with Gasteiger partial charge in [0, 0.05) is 6.61 Å². The molecule has 0 spiro atoms. The van der Waals surface area contributed by atoms with E-state index in [1.807, 2.05) is 0 Å². The first-order valence-corrected chi connectivity index (χ1v) is 6.00. The van der Waals surface area contributed by atoms with Crippen molar-refractivity contribution in [3.05, 3.63) is 0 Å². The van der Waals surface area contributed by atoms with Crippen molar-refractivity contribution in [2.75, 3.05) is 59.5 Å². The van der Waals surface area contributed by atoms with Crippen molar-refractivity contribution < 1.29 is 28.8 Å². The monoisotopic (exact) mass is 250 g/mol. The van der Waals surface area contributed by atoms with Crippen LogP contribution < -0.4 is 0 Å². The van der Waals surface area contributed by atoms with Crippen molar-refractivity contribution in [3.8, 4) is 0 Å². The molecule has 1 saturated heterocycles. The third-order valence-electron chi connectivity index (χ3n) is 2.12. The number of ether oxygens (including phenoxy) is 5. The zero-order chi connectivity index (χ0) is 12.2. The third kappa shape index (κ3) is 9.46. The fourth-order valence-electron chi connectivity index (χ4n) is 1.27. The summed E-state index contributed by atoms with van der Waals surface area (Å²) in [6.07, 6.45) is -0.119. The van der Waals surface area contributed by atoms with Crippen LogP contribution in [0, 0.1) is 0 Å². The molecule has 1 fully saturated rings. The van der Waals surface area contributed by atoms with E-state index in [2.05, 4.69) is 0 Å². The second-order valence-corrected chi connectivity index (χ2v) is 3.59. The van der Waals surface area contributed by atoms with E-state index in [9.17, 15) is 5.11 Å². The second kappa shape index (κ2) is 10.9. The van der Waals surface area contributed by atoms with Crippen molar-refractivity contribution in [3.63, 3.8) is 0 Å². The first-order chi connectivity index (χ1) is 8.39. The molecule has 0 aromatic rings. The Hall–Kier alpha value is -0.240. The third-order valence-corrected chi connectivity index (χ3v) is 2.12. The summed E-state index contributed by atoms with van der Waals surface area (Å²) in [5.74, 6) is 0. The van der Waals surface area contributed by atoms with Crippen molar-refractivity contribution in [1.82, 2.24) is 0 Å². The van der Waals surface area contributed by atoms with E-state index in [0.29, 0.717) is 52.9 Å². The first-order valence-electron chi connectivity index (χ1n) is 6.00. The van der Waals surface area contributed by atoms with Crippen LogP contribution in [-0.4, -0.2) is 70.9 Å². The van der Waals surface area contributed by atoms with Crippen LogP contribution in [0.25, 0.3) is 0 Å². The van der Waals surface area contributed by atoms with Crippen molar-refractivity contribution >= 4 is 0 Å². The van der Waals surface area contributed by atoms with Crippen molar-refractivity contribution in [2.45, 2.75) is 12.7 Å². The maximum absolute atomic E-state index is 9.37. The van der Waals surface area contributed by atoms with Gasteiger partial charge < -0.3 is 28.8 Å². The van der Waals surface area contributed by atoms with E-state index >= 15 is 0 Å². The van der Waals surface area contributed by atoms with E-state index in [-0.39, 0.29) is 6.61 Å². The van der Waals surface area contributed by atoms with Crippen LogP contribution in [-0.2, 0) is 23.7 Å². The summed E-state index contributed by atoms with van der Waals surface area (Å²) in [6.45, 7) is 4.43. The van der Waals surface area contributed by atoms with Crippen LogP contribution in [0.1, 0.15) is 6.42 Å². The number of aliphatic hydroxyl groups excluding tert-OH is 1. The molecule has 1 heterocycles. The Morgan fingerprint density at radius 2 is 1.18 bits per heavy atom. The second-order valence-electron chi connectivity index (χ2n) is 3.59. The zero-order valence-electron chi connectivity index (χ0n) is 10.1. The van der Waals surface area contributed by atoms with Gasteiger partial charge in [-0.1, -0.05) is 0 Å². The van der Waals surface area contributed by atoms with E-state index in [4.69, 9.17) is 23.7 Å². The van der Waals surface area contributed by atoms with Gasteiger partial charge in [0.1, 0.15) is 0 Å². The molecule has 1 aliphatic rings.